The van der Waals surface area contributed by atoms with Crippen molar-refractivity contribution in [2.75, 3.05) is 38.1 Å². The highest BCUT2D eigenvalue weighted by Gasteiger charge is 2.29. The molecule has 0 aliphatic carbocycles. The second-order valence-electron chi connectivity index (χ2n) is 12.4. The number of hydrogen-bond acceptors (Lipinski definition) is 10. The molecule has 5 heterocycles. The lowest BCUT2D eigenvalue weighted by Crippen LogP contribution is -2.35. The quantitative estimate of drug-likeness (QED) is 0.132. The summed E-state index contributed by atoms with van der Waals surface area (Å²) in [5.74, 6) is -0.462. The van der Waals surface area contributed by atoms with Crippen LogP contribution in [0, 0.1) is 12.8 Å². The number of aliphatic hydroxyl groups excluding tert-OH is 1. The van der Waals surface area contributed by atoms with Crippen LogP contribution in [0.3, 0.4) is 0 Å². The van der Waals surface area contributed by atoms with Gasteiger partial charge in [-0.2, -0.15) is 0 Å². The van der Waals surface area contributed by atoms with Crippen LogP contribution in [0.25, 0.3) is 32.6 Å². The van der Waals surface area contributed by atoms with Gasteiger partial charge in [0.2, 0.25) is 5.91 Å². The van der Waals surface area contributed by atoms with Gasteiger partial charge < -0.3 is 25.7 Å². The van der Waals surface area contributed by atoms with Crippen molar-refractivity contribution in [1.82, 2.24) is 30.1 Å². The number of anilines is 2. The van der Waals surface area contributed by atoms with Gasteiger partial charge in [-0.25, -0.2) is 9.97 Å². The SMILES string of the molecule is Cc1c(-c2nc3c(s2)CN(C(=O)CNCCO)C3)cccc1-c1cccc(Nc2nccc3cc(CN4CC[C@@H](C(=O)O)C4)cnc23)c1Cl. The summed E-state index contributed by atoms with van der Waals surface area (Å²) in [6.45, 7) is 5.63. The zero-order valence-corrected chi connectivity index (χ0v) is 28.5. The average Bonchev–Trinajstić information content (AvgIpc) is 3.82. The number of nitrogens with zero attached hydrogens (tertiary/aromatic N) is 5. The first-order valence-corrected chi connectivity index (χ1v) is 17.4. The first-order chi connectivity index (χ1) is 23.8. The molecular formula is C36H36ClN7O4S. The lowest BCUT2D eigenvalue weighted by atomic mass is 9.96. The summed E-state index contributed by atoms with van der Waals surface area (Å²) in [7, 11) is 0. The molecule has 4 N–H and O–H groups in total. The maximum Gasteiger partial charge on any atom is 0.307 e. The van der Waals surface area contributed by atoms with Gasteiger partial charge in [0.05, 0.1) is 48.6 Å². The first kappa shape index (κ1) is 33.1. The van der Waals surface area contributed by atoms with Crippen molar-refractivity contribution in [3.8, 4) is 21.7 Å². The largest absolute Gasteiger partial charge is 0.481 e. The fourth-order valence-electron chi connectivity index (χ4n) is 6.56. The Morgan fingerprint density at radius 2 is 1.90 bits per heavy atom. The number of rotatable bonds is 11. The molecule has 0 radical (unpaired) electrons. The molecule has 0 bridgehead atoms. The smallest absolute Gasteiger partial charge is 0.307 e. The number of fused-ring (bicyclic) bond motifs is 2. The molecule has 2 aliphatic heterocycles. The molecule has 0 saturated carbocycles. The van der Waals surface area contributed by atoms with Crippen LogP contribution >= 0.6 is 22.9 Å². The van der Waals surface area contributed by atoms with E-state index in [1.165, 1.54) is 0 Å². The Hall–Kier alpha value is -4.46. The van der Waals surface area contributed by atoms with Gasteiger partial charge in [0, 0.05) is 53.4 Å². The average molecular weight is 698 g/mol. The normalized spacial score (nSPS) is 16.0. The highest BCUT2D eigenvalue weighted by atomic mass is 35.5. The number of likely N-dealkylation sites (tertiary alicyclic amines) is 1. The van der Waals surface area contributed by atoms with Crippen molar-refractivity contribution in [3.05, 3.63) is 87.6 Å². The van der Waals surface area contributed by atoms with Gasteiger partial charge in [-0.05, 0) is 54.8 Å². The van der Waals surface area contributed by atoms with Crippen LogP contribution in [0.4, 0.5) is 11.5 Å². The number of carboxylic acid groups (broad SMARTS) is 1. The third-order valence-corrected chi connectivity index (χ3v) is 10.7. The minimum atomic E-state index is -0.735. The Labute approximate surface area is 292 Å². The Kier molecular flexibility index (Phi) is 9.57. The summed E-state index contributed by atoms with van der Waals surface area (Å²) in [5.41, 5.74) is 7.33. The Morgan fingerprint density at radius 3 is 2.69 bits per heavy atom. The van der Waals surface area contributed by atoms with Gasteiger partial charge in [0.25, 0.3) is 0 Å². The third-order valence-electron chi connectivity index (χ3n) is 9.16. The predicted molar refractivity (Wildman–Crippen MR) is 191 cm³/mol. The van der Waals surface area contributed by atoms with Crippen LogP contribution in [-0.2, 0) is 29.2 Å². The van der Waals surface area contributed by atoms with E-state index in [9.17, 15) is 14.7 Å². The van der Waals surface area contributed by atoms with E-state index < -0.39 is 5.97 Å². The van der Waals surface area contributed by atoms with Crippen molar-refractivity contribution < 1.29 is 19.8 Å². The molecule has 5 aromatic rings. The van der Waals surface area contributed by atoms with E-state index in [0.29, 0.717) is 61.2 Å². The number of thiazole rings is 1. The van der Waals surface area contributed by atoms with E-state index in [4.69, 9.17) is 26.7 Å². The highest BCUT2D eigenvalue weighted by molar-refractivity contribution is 7.15. The van der Waals surface area contributed by atoms with Crippen LogP contribution in [0.5, 0.6) is 0 Å². The van der Waals surface area contributed by atoms with E-state index in [-0.39, 0.29) is 25.0 Å². The number of pyridine rings is 2. The molecular weight excluding hydrogens is 662 g/mol. The molecule has 0 spiro atoms. The van der Waals surface area contributed by atoms with Crippen LogP contribution in [0.1, 0.15) is 28.1 Å². The molecule has 49 heavy (non-hydrogen) atoms. The topological polar surface area (TPSA) is 144 Å². The summed E-state index contributed by atoms with van der Waals surface area (Å²) in [4.78, 5) is 43.2. The van der Waals surface area contributed by atoms with Gasteiger partial charge in [0.1, 0.15) is 10.5 Å². The summed E-state index contributed by atoms with van der Waals surface area (Å²) in [5, 5.41) is 27.1. The number of aromatic nitrogens is 3. The molecule has 1 amide bonds. The first-order valence-electron chi connectivity index (χ1n) is 16.2. The van der Waals surface area contributed by atoms with Crippen molar-refractivity contribution in [1.29, 1.82) is 0 Å². The number of carbonyl (C=O) groups excluding carboxylic acids is 1. The number of aliphatic carboxylic acids is 1. The molecule has 1 saturated heterocycles. The number of nitrogens with one attached hydrogen (secondary N) is 2. The van der Waals surface area contributed by atoms with Gasteiger partial charge >= 0.3 is 5.97 Å². The van der Waals surface area contributed by atoms with Crippen LogP contribution in [-0.4, -0.2) is 79.6 Å². The maximum absolute atomic E-state index is 12.6. The fraction of sp³-hybridized carbons (Fsp3) is 0.306. The zero-order chi connectivity index (χ0) is 34.1. The summed E-state index contributed by atoms with van der Waals surface area (Å²) < 4.78 is 0. The summed E-state index contributed by atoms with van der Waals surface area (Å²) in [6.07, 6.45) is 4.24. The van der Waals surface area contributed by atoms with Gasteiger partial charge in [-0.15, -0.1) is 11.3 Å². The number of halogens is 1. The minimum absolute atomic E-state index is 0.00412. The third kappa shape index (κ3) is 6.87. The standard InChI is InChI=1S/C36H36ClN7O4S/c1-21-25(4-2-5-26(21)35-42-29-19-44(20-30(29)49-35)31(46)16-38-11-13-45)27-6-3-7-28(32(27)37)41-34-33-23(8-10-39-34)14-22(15-40-33)17-43-12-9-24(18-43)36(47)48/h2-8,10,14-15,24,38,45H,9,11-13,16-20H2,1H3,(H,39,41)(H,47,48)/t24-/m1/s1. The van der Waals surface area contributed by atoms with Crippen molar-refractivity contribution in [2.24, 2.45) is 5.92 Å². The second kappa shape index (κ2) is 14.2. The molecule has 1 atom stereocenters. The molecule has 3 aromatic heterocycles. The van der Waals surface area contributed by atoms with E-state index >= 15 is 0 Å². The summed E-state index contributed by atoms with van der Waals surface area (Å²) in [6, 6.07) is 16.0. The molecule has 1 fully saturated rings. The van der Waals surface area contributed by atoms with E-state index in [2.05, 4.69) is 45.6 Å². The van der Waals surface area contributed by atoms with Gasteiger partial charge in [0.15, 0.2) is 5.82 Å². The van der Waals surface area contributed by atoms with Gasteiger partial charge in [-0.3, -0.25) is 19.5 Å². The molecule has 2 aliphatic rings. The lowest BCUT2D eigenvalue weighted by molar-refractivity contribution is -0.141. The number of aliphatic hydroxyl groups is 1. The highest BCUT2D eigenvalue weighted by Crippen LogP contribution is 2.41. The van der Waals surface area contributed by atoms with Crippen molar-refractivity contribution in [2.45, 2.75) is 33.0 Å². The number of hydrogen-bond donors (Lipinski definition) is 4. The van der Waals surface area contributed by atoms with E-state index in [1.807, 2.05) is 36.5 Å². The molecule has 13 heteroatoms. The molecule has 2 aromatic carbocycles. The van der Waals surface area contributed by atoms with Crippen molar-refractivity contribution >= 4 is 57.2 Å². The second-order valence-corrected chi connectivity index (χ2v) is 13.9. The Balaban J connectivity index is 1.09. The van der Waals surface area contributed by atoms with E-state index in [0.717, 1.165) is 55.3 Å². The summed E-state index contributed by atoms with van der Waals surface area (Å²) >= 11 is 8.71. The number of carbonyl (C=O) groups is 2. The Morgan fingerprint density at radius 1 is 1.08 bits per heavy atom. The molecule has 0 unspecified atom stereocenters. The maximum atomic E-state index is 12.6. The monoisotopic (exact) mass is 697 g/mol. The fourth-order valence-corrected chi connectivity index (χ4v) is 8.00. The lowest BCUT2D eigenvalue weighted by Gasteiger charge is -2.17. The van der Waals surface area contributed by atoms with Crippen molar-refractivity contribution in [3.63, 3.8) is 0 Å². The number of carboxylic acids is 1. The number of benzene rings is 2. The van der Waals surface area contributed by atoms with E-state index in [1.54, 1.807) is 22.4 Å². The van der Waals surface area contributed by atoms with Gasteiger partial charge in [-0.1, -0.05) is 41.9 Å². The molecule has 7 rings (SSSR count). The molecule has 11 nitrogen and oxygen atoms in total. The van der Waals surface area contributed by atoms with Crippen LogP contribution < -0.4 is 10.6 Å². The molecule has 252 valence electrons. The predicted octanol–water partition coefficient (Wildman–Crippen LogP) is 5.46. The number of amides is 1. The Bertz CT molecular complexity index is 2030. The van der Waals surface area contributed by atoms with Crippen LogP contribution in [0.15, 0.2) is 60.9 Å². The minimum Gasteiger partial charge on any atom is -0.481 e. The van der Waals surface area contributed by atoms with Crippen LogP contribution in [0.2, 0.25) is 5.02 Å². The zero-order valence-electron chi connectivity index (χ0n) is 26.9.